The molecule has 0 fully saturated rings. The smallest absolute Gasteiger partial charge is 0.338 e. The number of benzene rings is 2. The summed E-state index contributed by atoms with van der Waals surface area (Å²) in [4.78, 5) is 26.6. The molecule has 126 valence electrons. The quantitative estimate of drug-likeness (QED) is 0.397. The number of rotatable bonds is 5. The summed E-state index contributed by atoms with van der Waals surface area (Å²) in [5.41, 5.74) is 1.26. The zero-order valence-corrected chi connectivity index (χ0v) is 13.3. The second-order valence-corrected chi connectivity index (χ2v) is 5.27. The highest BCUT2D eigenvalue weighted by Gasteiger charge is 2.16. The van der Waals surface area contributed by atoms with Crippen molar-refractivity contribution in [3.05, 3.63) is 81.7 Å². The van der Waals surface area contributed by atoms with Crippen molar-refractivity contribution in [2.75, 3.05) is 0 Å². The molecule has 25 heavy (non-hydrogen) atoms. The summed E-state index contributed by atoms with van der Waals surface area (Å²) in [5, 5.41) is 10.8. The molecule has 0 atom stereocenters. The average molecular weight is 338 g/mol. The number of aromatic nitrogens is 1. The van der Waals surface area contributed by atoms with E-state index in [1.54, 1.807) is 6.92 Å². The Bertz CT molecular complexity index is 918. The molecule has 3 aromatic rings. The lowest BCUT2D eigenvalue weighted by Gasteiger charge is -2.03. The van der Waals surface area contributed by atoms with Crippen molar-refractivity contribution in [2.45, 2.75) is 13.5 Å². The van der Waals surface area contributed by atoms with Crippen molar-refractivity contribution in [1.82, 2.24) is 4.98 Å². The lowest BCUT2D eigenvalue weighted by Crippen LogP contribution is -2.06. The Balaban J connectivity index is 1.71. The van der Waals surface area contributed by atoms with E-state index in [1.165, 1.54) is 24.3 Å². The number of hydrogen-bond donors (Lipinski definition) is 0. The number of oxazole rings is 1. The first-order valence-corrected chi connectivity index (χ1v) is 7.48. The molecule has 0 aliphatic heterocycles. The topological polar surface area (TPSA) is 95.5 Å². The van der Waals surface area contributed by atoms with E-state index in [0.717, 1.165) is 5.56 Å². The predicted octanol–water partition coefficient (Wildman–Crippen LogP) is 3.92. The summed E-state index contributed by atoms with van der Waals surface area (Å²) >= 11 is 0. The molecule has 0 radical (unpaired) electrons. The summed E-state index contributed by atoms with van der Waals surface area (Å²) < 4.78 is 10.8. The average Bonchev–Trinajstić information content (AvgIpc) is 3.01. The van der Waals surface area contributed by atoms with E-state index in [4.69, 9.17) is 9.15 Å². The number of carbonyl (C=O) groups is 1. The monoisotopic (exact) mass is 338 g/mol. The van der Waals surface area contributed by atoms with Gasteiger partial charge in [-0.1, -0.05) is 24.3 Å². The highest BCUT2D eigenvalue weighted by atomic mass is 16.6. The largest absolute Gasteiger partial charge is 0.455 e. The third kappa shape index (κ3) is 3.72. The molecule has 3 rings (SSSR count). The second kappa shape index (κ2) is 6.96. The summed E-state index contributed by atoms with van der Waals surface area (Å²) in [6, 6.07) is 14.7. The maximum Gasteiger partial charge on any atom is 0.338 e. The Labute approximate surface area is 143 Å². The number of ether oxygens (including phenoxy) is 1. The molecule has 0 aliphatic carbocycles. The van der Waals surface area contributed by atoms with E-state index in [-0.39, 0.29) is 17.9 Å². The lowest BCUT2D eigenvalue weighted by molar-refractivity contribution is -0.384. The Morgan fingerprint density at radius 1 is 1.20 bits per heavy atom. The molecule has 1 heterocycles. The molecule has 0 spiro atoms. The molecule has 0 bridgehead atoms. The number of hydrogen-bond acceptors (Lipinski definition) is 6. The number of carbonyl (C=O) groups excluding carboxylic acids is 1. The summed E-state index contributed by atoms with van der Waals surface area (Å²) in [6.45, 7) is 1.65. The highest BCUT2D eigenvalue weighted by Crippen LogP contribution is 2.22. The first kappa shape index (κ1) is 16.4. The van der Waals surface area contributed by atoms with Crippen LogP contribution in [0.4, 0.5) is 5.69 Å². The van der Waals surface area contributed by atoms with Crippen LogP contribution in [0.15, 0.2) is 59.0 Å². The van der Waals surface area contributed by atoms with Crippen molar-refractivity contribution in [3.63, 3.8) is 0 Å². The van der Waals surface area contributed by atoms with E-state index in [0.29, 0.717) is 17.3 Å². The van der Waals surface area contributed by atoms with Crippen molar-refractivity contribution >= 4 is 11.7 Å². The van der Waals surface area contributed by atoms with E-state index < -0.39 is 10.9 Å². The van der Waals surface area contributed by atoms with Gasteiger partial charge in [-0.05, 0) is 25.1 Å². The van der Waals surface area contributed by atoms with Crippen LogP contribution in [0.25, 0.3) is 11.5 Å². The maximum absolute atomic E-state index is 12.1. The number of esters is 1. The summed E-state index contributed by atoms with van der Waals surface area (Å²) in [5.74, 6) is 0.331. The van der Waals surface area contributed by atoms with E-state index >= 15 is 0 Å². The standard InChI is InChI=1S/C18H14N2O5/c1-12-16(19-17(25-12)13-6-3-2-4-7-13)11-24-18(21)14-8-5-9-15(10-14)20(22)23/h2-10H,11H2,1H3. The van der Waals surface area contributed by atoms with Crippen molar-refractivity contribution in [2.24, 2.45) is 0 Å². The van der Waals surface area contributed by atoms with Crippen LogP contribution in [0.3, 0.4) is 0 Å². The Kier molecular flexibility index (Phi) is 4.56. The Morgan fingerprint density at radius 3 is 2.68 bits per heavy atom. The van der Waals surface area contributed by atoms with Gasteiger partial charge in [-0.15, -0.1) is 0 Å². The van der Waals surface area contributed by atoms with Gasteiger partial charge in [0.25, 0.3) is 5.69 Å². The molecule has 0 amide bonds. The van der Waals surface area contributed by atoms with Gasteiger partial charge >= 0.3 is 5.97 Å². The fraction of sp³-hybridized carbons (Fsp3) is 0.111. The zero-order chi connectivity index (χ0) is 17.8. The van der Waals surface area contributed by atoms with Crippen LogP contribution in [0.1, 0.15) is 21.8 Å². The fourth-order valence-electron chi connectivity index (χ4n) is 2.23. The number of aryl methyl sites for hydroxylation is 1. The molecule has 0 saturated heterocycles. The van der Waals surface area contributed by atoms with Gasteiger partial charge in [0.05, 0.1) is 10.5 Å². The SMILES string of the molecule is Cc1oc(-c2ccccc2)nc1COC(=O)c1cccc([N+](=O)[O-])c1. The molecular weight excluding hydrogens is 324 g/mol. The van der Waals surface area contributed by atoms with Gasteiger partial charge in [-0.3, -0.25) is 10.1 Å². The minimum absolute atomic E-state index is 0.0797. The van der Waals surface area contributed by atoms with Gasteiger partial charge in [0.1, 0.15) is 18.1 Å². The third-order valence-electron chi connectivity index (χ3n) is 3.55. The first-order valence-electron chi connectivity index (χ1n) is 7.48. The minimum Gasteiger partial charge on any atom is -0.455 e. The van der Waals surface area contributed by atoms with Crippen LogP contribution in [0.5, 0.6) is 0 Å². The van der Waals surface area contributed by atoms with Gasteiger partial charge in [0, 0.05) is 17.7 Å². The Morgan fingerprint density at radius 2 is 1.96 bits per heavy atom. The van der Waals surface area contributed by atoms with E-state index in [9.17, 15) is 14.9 Å². The fourth-order valence-corrected chi connectivity index (χ4v) is 2.23. The maximum atomic E-state index is 12.1. The molecule has 1 aromatic heterocycles. The van der Waals surface area contributed by atoms with Crippen LogP contribution >= 0.6 is 0 Å². The lowest BCUT2D eigenvalue weighted by atomic mass is 10.2. The minimum atomic E-state index is -0.660. The van der Waals surface area contributed by atoms with Crippen LogP contribution < -0.4 is 0 Å². The van der Waals surface area contributed by atoms with Crippen molar-refractivity contribution in [3.8, 4) is 11.5 Å². The van der Waals surface area contributed by atoms with Gasteiger partial charge in [0.2, 0.25) is 5.89 Å². The van der Waals surface area contributed by atoms with Gasteiger partial charge in [-0.25, -0.2) is 9.78 Å². The molecule has 0 aliphatic rings. The molecule has 7 heteroatoms. The normalized spacial score (nSPS) is 10.4. The number of nitrogens with zero attached hydrogens (tertiary/aromatic N) is 2. The van der Waals surface area contributed by atoms with E-state index in [2.05, 4.69) is 4.98 Å². The molecule has 7 nitrogen and oxygen atoms in total. The molecule has 0 N–H and O–H groups in total. The zero-order valence-electron chi connectivity index (χ0n) is 13.3. The van der Waals surface area contributed by atoms with E-state index in [1.807, 2.05) is 30.3 Å². The van der Waals surface area contributed by atoms with Crippen LogP contribution in [0, 0.1) is 17.0 Å². The van der Waals surface area contributed by atoms with Crippen LogP contribution in [-0.2, 0) is 11.3 Å². The summed E-state index contributed by atoms with van der Waals surface area (Å²) in [7, 11) is 0. The first-order chi connectivity index (χ1) is 12.0. The van der Waals surface area contributed by atoms with Gasteiger partial charge in [0.15, 0.2) is 0 Å². The second-order valence-electron chi connectivity index (χ2n) is 5.27. The Hall–Kier alpha value is -3.48. The number of nitro groups is 1. The summed E-state index contributed by atoms with van der Waals surface area (Å²) in [6.07, 6.45) is 0. The van der Waals surface area contributed by atoms with Crippen molar-refractivity contribution in [1.29, 1.82) is 0 Å². The molecule has 0 unspecified atom stereocenters. The number of nitro benzene ring substituents is 1. The van der Waals surface area contributed by atoms with Crippen LogP contribution in [-0.4, -0.2) is 15.9 Å². The van der Waals surface area contributed by atoms with Crippen molar-refractivity contribution < 1.29 is 18.9 Å². The predicted molar refractivity (Wildman–Crippen MR) is 88.9 cm³/mol. The molecule has 0 saturated carbocycles. The van der Waals surface area contributed by atoms with Gasteiger partial charge in [-0.2, -0.15) is 0 Å². The highest BCUT2D eigenvalue weighted by molar-refractivity contribution is 5.90. The van der Waals surface area contributed by atoms with Crippen LogP contribution in [0.2, 0.25) is 0 Å². The van der Waals surface area contributed by atoms with Gasteiger partial charge < -0.3 is 9.15 Å². The number of non-ortho nitro benzene ring substituents is 1. The third-order valence-corrected chi connectivity index (χ3v) is 3.55. The molecular formula is C18H14N2O5. The molecule has 2 aromatic carbocycles.